The van der Waals surface area contributed by atoms with Gasteiger partial charge in [-0.2, -0.15) is 0 Å². The second kappa shape index (κ2) is 10.3. The molecule has 0 N–H and O–H groups in total. The maximum absolute atomic E-state index is 12.9. The number of rotatable bonds is 6. The summed E-state index contributed by atoms with van der Waals surface area (Å²) in [6, 6.07) is 18.8. The highest BCUT2D eigenvalue weighted by atomic mass is 16.2. The first-order valence-electron chi connectivity index (χ1n) is 11.7. The van der Waals surface area contributed by atoms with E-state index in [2.05, 4.69) is 52.0 Å². The zero-order chi connectivity index (χ0) is 22.5. The number of piperazine rings is 2. The molecule has 32 heavy (non-hydrogen) atoms. The van der Waals surface area contributed by atoms with Gasteiger partial charge in [-0.15, -0.1) is 0 Å². The van der Waals surface area contributed by atoms with Gasteiger partial charge >= 0.3 is 0 Å². The quantitative estimate of drug-likeness (QED) is 0.655. The molecule has 0 spiro atoms. The Kier molecular flexibility index (Phi) is 7.22. The van der Waals surface area contributed by atoms with E-state index in [1.807, 2.05) is 29.2 Å². The lowest BCUT2D eigenvalue weighted by atomic mass is 10.1. The number of hydrogen-bond acceptors (Lipinski definition) is 5. The van der Waals surface area contributed by atoms with E-state index >= 15 is 0 Å². The number of hydrogen-bond donors (Lipinski definition) is 0. The maximum Gasteiger partial charge on any atom is 0.236 e. The molecular formula is C26H34N4O2. The number of benzene rings is 2. The van der Waals surface area contributed by atoms with Gasteiger partial charge in [0.2, 0.25) is 5.91 Å². The van der Waals surface area contributed by atoms with Crippen molar-refractivity contribution in [2.75, 3.05) is 63.8 Å². The largest absolute Gasteiger partial charge is 0.369 e. The topological polar surface area (TPSA) is 47.1 Å². The lowest BCUT2D eigenvalue weighted by Gasteiger charge is -2.40. The van der Waals surface area contributed by atoms with Crippen molar-refractivity contribution in [1.82, 2.24) is 14.7 Å². The van der Waals surface area contributed by atoms with Crippen LogP contribution in [0.15, 0.2) is 54.6 Å². The van der Waals surface area contributed by atoms with Crippen LogP contribution in [-0.2, 0) is 4.79 Å². The van der Waals surface area contributed by atoms with Gasteiger partial charge in [-0.3, -0.25) is 19.4 Å². The Morgan fingerprint density at radius 2 is 1.44 bits per heavy atom. The first-order valence-corrected chi connectivity index (χ1v) is 11.7. The fourth-order valence-electron chi connectivity index (χ4n) is 4.66. The molecule has 0 saturated carbocycles. The van der Waals surface area contributed by atoms with Crippen LogP contribution in [-0.4, -0.2) is 85.3 Å². The molecule has 2 fully saturated rings. The van der Waals surface area contributed by atoms with Gasteiger partial charge in [0.05, 0.1) is 6.54 Å². The van der Waals surface area contributed by atoms with E-state index in [4.69, 9.17) is 0 Å². The number of amides is 1. The molecule has 2 aliphatic rings. The van der Waals surface area contributed by atoms with Crippen molar-refractivity contribution in [3.8, 4) is 0 Å². The van der Waals surface area contributed by atoms with E-state index in [1.54, 1.807) is 6.92 Å². The second-order valence-corrected chi connectivity index (χ2v) is 8.87. The van der Waals surface area contributed by atoms with Gasteiger partial charge in [0.1, 0.15) is 0 Å². The van der Waals surface area contributed by atoms with E-state index in [0.29, 0.717) is 12.6 Å². The van der Waals surface area contributed by atoms with Crippen molar-refractivity contribution in [2.24, 2.45) is 0 Å². The zero-order valence-electron chi connectivity index (χ0n) is 19.2. The van der Waals surface area contributed by atoms with Crippen molar-refractivity contribution in [3.05, 3.63) is 65.7 Å². The molecule has 6 nitrogen and oxygen atoms in total. The van der Waals surface area contributed by atoms with Crippen LogP contribution in [0.5, 0.6) is 0 Å². The lowest BCUT2D eigenvalue weighted by Crippen LogP contribution is -2.54. The summed E-state index contributed by atoms with van der Waals surface area (Å²) in [5.41, 5.74) is 3.22. The Balaban J connectivity index is 1.21. The summed E-state index contributed by atoms with van der Waals surface area (Å²) in [5.74, 6) is 0.339. The molecule has 2 aromatic carbocycles. The molecule has 0 aromatic heterocycles. The summed E-state index contributed by atoms with van der Waals surface area (Å²) < 4.78 is 0. The predicted octanol–water partition coefficient (Wildman–Crippen LogP) is 2.92. The van der Waals surface area contributed by atoms with Gasteiger partial charge in [-0.1, -0.05) is 30.3 Å². The third-order valence-corrected chi connectivity index (χ3v) is 6.87. The fourth-order valence-corrected chi connectivity index (χ4v) is 4.66. The third-order valence-electron chi connectivity index (χ3n) is 6.87. The Morgan fingerprint density at radius 3 is 2.03 bits per heavy atom. The van der Waals surface area contributed by atoms with Crippen molar-refractivity contribution < 1.29 is 9.59 Å². The minimum atomic E-state index is 0.0928. The van der Waals surface area contributed by atoms with Gasteiger partial charge in [-0.25, -0.2) is 0 Å². The molecule has 6 heteroatoms. The maximum atomic E-state index is 12.9. The molecular weight excluding hydrogens is 400 g/mol. The van der Waals surface area contributed by atoms with Gasteiger partial charge in [0, 0.05) is 69.7 Å². The van der Waals surface area contributed by atoms with Crippen LogP contribution in [0.25, 0.3) is 0 Å². The van der Waals surface area contributed by atoms with E-state index in [9.17, 15) is 9.59 Å². The van der Waals surface area contributed by atoms with E-state index in [0.717, 1.165) is 63.6 Å². The first kappa shape index (κ1) is 22.5. The summed E-state index contributed by atoms with van der Waals surface area (Å²) in [6.45, 7) is 11.4. The van der Waals surface area contributed by atoms with Crippen molar-refractivity contribution in [1.29, 1.82) is 0 Å². The van der Waals surface area contributed by atoms with Crippen LogP contribution < -0.4 is 4.90 Å². The van der Waals surface area contributed by atoms with Crippen LogP contribution in [0, 0.1) is 0 Å². The molecule has 0 aliphatic carbocycles. The zero-order valence-corrected chi connectivity index (χ0v) is 19.2. The van der Waals surface area contributed by atoms with Crippen LogP contribution in [0.1, 0.15) is 35.8 Å². The average molecular weight is 435 g/mol. The lowest BCUT2D eigenvalue weighted by molar-refractivity contribution is -0.134. The molecule has 2 heterocycles. The molecule has 0 bridgehead atoms. The summed E-state index contributed by atoms with van der Waals surface area (Å²) in [6.07, 6.45) is 0. The summed E-state index contributed by atoms with van der Waals surface area (Å²) in [7, 11) is 0. The molecule has 1 atom stereocenters. The summed E-state index contributed by atoms with van der Waals surface area (Å²) in [4.78, 5) is 33.4. The van der Waals surface area contributed by atoms with E-state index in [-0.39, 0.29) is 11.7 Å². The minimum Gasteiger partial charge on any atom is -0.369 e. The summed E-state index contributed by atoms with van der Waals surface area (Å²) >= 11 is 0. The Morgan fingerprint density at radius 1 is 0.812 bits per heavy atom. The first-order chi connectivity index (χ1) is 15.5. The molecule has 2 saturated heterocycles. The molecule has 170 valence electrons. The van der Waals surface area contributed by atoms with Gasteiger partial charge in [0.15, 0.2) is 5.78 Å². The molecule has 2 aromatic rings. The third kappa shape index (κ3) is 5.37. The van der Waals surface area contributed by atoms with Crippen molar-refractivity contribution in [3.63, 3.8) is 0 Å². The van der Waals surface area contributed by atoms with Gasteiger partial charge in [0.25, 0.3) is 0 Å². The number of carbonyl (C=O) groups is 2. The molecule has 1 unspecified atom stereocenters. The number of carbonyl (C=O) groups excluding carboxylic acids is 2. The highest BCUT2D eigenvalue weighted by molar-refractivity contribution is 5.94. The Labute approximate surface area is 191 Å². The number of ketones is 1. The molecule has 0 radical (unpaired) electrons. The molecule has 1 amide bonds. The SMILES string of the molecule is CC(=O)c1ccc(N2CCN(CC(=O)N3CCN(C(C)c4ccccc4)CC3)CC2)cc1. The number of Topliss-reactive ketones (excluding diaryl/α,β-unsaturated/α-hetero) is 1. The van der Waals surface area contributed by atoms with Crippen LogP contribution >= 0.6 is 0 Å². The summed E-state index contributed by atoms with van der Waals surface area (Å²) in [5, 5.41) is 0. The smallest absolute Gasteiger partial charge is 0.236 e. The number of nitrogens with zero attached hydrogens (tertiary/aromatic N) is 4. The van der Waals surface area contributed by atoms with Crippen LogP contribution in [0.4, 0.5) is 5.69 Å². The fraction of sp³-hybridized carbons (Fsp3) is 0.462. The van der Waals surface area contributed by atoms with Crippen molar-refractivity contribution in [2.45, 2.75) is 19.9 Å². The van der Waals surface area contributed by atoms with E-state index < -0.39 is 0 Å². The number of anilines is 1. The predicted molar refractivity (Wildman–Crippen MR) is 128 cm³/mol. The van der Waals surface area contributed by atoms with E-state index in [1.165, 1.54) is 5.56 Å². The van der Waals surface area contributed by atoms with Crippen LogP contribution in [0.2, 0.25) is 0 Å². The second-order valence-electron chi connectivity index (χ2n) is 8.87. The van der Waals surface area contributed by atoms with Crippen LogP contribution in [0.3, 0.4) is 0 Å². The highest BCUT2D eigenvalue weighted by Crippen LogP contribution is 2.22. The molecule has 4 rings (SSSR count). The van der Waals surface area contributed by atoms with Gasteiger partial charge in [-0.05, 0) is 43.7 Å². The van der Waals surface area contributed by atoms with Crippen molar-refractivity contribution >= 4 is 17.4 Å². The monoisotopic (exact) mass is 434 g/mol. The average Bonchev–Trinajstić information content (AvgIpc) is 2.85. The normalized spacial score (nSPS) is 19.1. The molecule has 2 aliphatic heterocycles. The standard InChI is InChI=1S/C26H34N4O2/c1-21(23-6-4-3-5-7-23)28-16-18-30(19-17-28)26(32)20-27-12-14-29(15-13-27)25-10-8-24(9-11-25)22(2)31/h3-11,21H,12-20H2,1-2H3. The van der Waals surface area contributed by atoms with Gasteiger partial charge < -0.3 is 9.80 Å². The highest BCUT2D eigenvalue weighted by Gasteiger charge is 2.27. The Bertz CT molecular complexity index is 899. The minimum absolute atomic E-state index is 0.0928. The Hall–Kier alpha value is -2.70.